The fourth-order valence-corrected chi connectivity index (χ4v) is 5.14. The van der Waals surface area contributed by atoms with Crippen molar-refractivity contribution in [1.29, 1.82) is 0 Å². The first-order valence-electron chi connectivity index (χ1n) is 9.31. The Morgan fingerprint density at radius 3 is 2.16 bits per heavy atom. The summed E-state index contributed by atoms with van der Waals surface area (Å²) in [5, 5.41) is 0. The van der Waals surface area contributed by atoms with Gasteiger partial charge in [0.1, 0.15) is 15.9 Å². The lowest BCUT2D eigenvalue weighted by atomic mass is 10.2. The largest absolute Gasteiger partial charge is 0.744 e. The number of benzene rings is 3. The highest BCUT2D eigenvalue weighted by Crippen LogP contribution is 2.08. The first-order valence-corrected chi connectivity index (χ1v) is 12.9. The standard InChI is InChI=1S/C16H16IO3.C7H8O3S/c1-3-20-16(18)12-5-4-6-14(11-12)17-13-7-9-15(19-2)10-8-13;1-6-2-4-7(5-3-6)11(8,9)10/h4-11H,3H2,1-2H3;2-5H,1H3,(H,8,9,10)/q+1;/p-1. The molecule has 0 N–H and O–H groups in total. The molecular formula is C23H23IO6S. The Morgan fingerprint density at radius 2 is 1.61 bits per heavy atom. The molecule has 3 aromatic rings. The van der Waals surface area contributed by atoms with Crippen LogP contribution in [0.1, 0.15) is 22.8 Å². The van der Waals surface area contributed by atoms with Crippen molar-refractivity contribution in [3.05, 3.63) is 91.1 Å². The maximum atomic E-state index is 11.7. The summed E-state index contributed by atoms with van der Waals surface area (Å²) >= 11 is -0.305. The highest BCUT2D eigenvalue weighted by atomic mass is 127. The van der Waals surface area contributed by atoms with Crippen molar-refractivity contribution in [3.63, 3.8) is 0 Å². The number of hydrogen-bond donors (Lipinski definition) is 0. The van der Waals surface area contributed by atoms with E-state index in [1.165, 1.54) is 19.3 Å². The van der Waals surface area contributed by atoms with E-state index in [0.29, 0.717) is 12.2 Å². The number of methoxy groups -OCH3 is 1. The highest BCUT2D eigenvalue weighted by Gasteiger charge is 2.18. The predicted octanol–water partition coefficient (Wildman–Crippen LogP) is 0.899. The van der Waals surface area contributed by atoms with Gasteiger partial charge in [0.05, 0.1) is 24.2 Å². The van der Waals surface area contributed by atoms with Gasteiger partial charge >= 0.3 is 27.2 Å². The number of esters is 1. The smallest absolute Gasteiger partial charge is 0.357 e. The van der Waals surface area contributed by atoms with Gasteiger partial charge in [-0.15, -0.1) is 0 Å². The Hall–Kier alpha value is -2.43. The van der Waals surface area contributed by atoms with Crippen molar-refractivity contribution in [3.8, 4) is 5.75 Å². The summed E-state index contributed by atoms with van der Waals surface area (Å²) in [6, 6.07) is 21.5. The van der Waals surface area contributed by atoms with Crippen LogP contribution >= 0.6 is 0 Å². The van der Waals surface area contributed by atoms with E-state index in [1.807, 2.05) is 38.1 Å². The minimum atomic E-state index is -4.27. The summed E-state index contributed by atoms with van der Waals surface area (Å²) in [4.78, 5) is 11.5. The van der Waals surface area contributed by atoms with Gasteiger partial charge in [-0.25, -0.2) is 13.2 Å². The van der Waals surface area contributed by atoms with Crippen LogP contribution in [0.3, 0.4) is 0 Å². The minimum Gasteiger partial charge on any atom is -0.744 e. The second-order valence-electron chi connectivity index (χ2n) is 6.25. The Labute approximate surface area is 193 Å². The molecule has 0 amide bonds. The molecule has 0 atom stereocenters. The molecule has 0 radical (unpaired) electrons. The van der Waals surface area contributed by atoms with Gasteiger partial charge in [0.15, 0.2) is 7.14 Å². The van der Waals surface area contributed by atoms with Gasteiger partial charge in [-0.3, -0.25) is 0 Å². The Kier molecular flexibility index (Phi) is 9.47. The molecule has 6 nitrogen and oxygen atoms in total. The Morgan fingerprint density at radius 1 is 0.968 bits per heavy atom. The average Bonchev–Trinajstić information content (AvgIpc) is 2.75. The third kappa shape index (κ3) is 8.31. The zero-order valence-corrected chi connectivity index (χ0v) is 20.3. The van der Waals surface area contributed by atoms with Crippen LogP contribution in [-0.4, -0.2) is 32.7 Å². The van der Waals surface area contributed by atoms with E-state index in [4.69, 9.17) is 9.47 Å². The summed E-state index contributed by atoms with van der Waals surface area (Å²) in [5.74, 6) is 0.603. The number of carbonyl (C=O) groups is 1. The fraction of sp³-hybridized carbons (Fsp3) is 0.174. The first-order chi connectivity index (χ1) is 14.7. The maximum Gasteiger partial charge on any atom is 0.357 e. The van der Waals surface area contributed by atoms with Crippen LogP contribution in [0.2, 0.25) is 0 Å². The van der Waals surface area contributed by atoms with Crippen molar-refractivity contribution in [2.75, 3.05) is 13.7 Å². The molecule has 0 aliphatic carbocycles. The zero-order chi connectivity index (χ0) is 22.9. The number of carbonyl (C=O) groups excluding carboxylic acids is 1. The summed E-state index contributed by atoms with van der Waals surface area (Å²) in [5.41, 5.74) is 1.55. The third-order valence-electron chi connectivity index (χ3n) is 3.91. The molecule has 0 bridgehead atoms. The Balaban J connectivity index is 0.000000262. The molecule has 0 fully saturated rings. The summed E-state index contributed by atoms with van der Waals surface area (Å²) in [7, 11) is -2.61. The molecule has 0 aromatic heterocycles. The molecule has 0 unspecified atom stereocenters. The molecular weight excluding hydrogens is 531 g/mol. The lowest BCUT2D eigenvalue weighted by molar-refractivity contribution is -0.597. The molecule has 3 aromatic carbocycles. The topological polar surface area (TPSA) is 92.7 Å². The van der Waals surface area contributed by atoms with E-state index in [2.05, 4.69) is 18.2 Å². The van der Waals surface area contributed by atoms with Gasteiger partial charge in [-0.1, -0.05) is 23.8 Å². The number of hydrogen-bond acceptors (Lipinski definition) is 6. The number of halogens is 1. The molecule has 0 aliphatic rings. The number of aryl methyl sites for hydroxylation is 1. The van der Waals surface area contributed by atoms with E-state index in [-0.39, 0.29) is 32.1 Å². The SMILES string of the molecule is CCOC(=O)c1cccc([I+]c2ccc(OC)cc2)c1.Cc1ccc(S(=O)(=O)[O-])cc1. The van der Waals surface area contributed by atoms with Gasteiger partial charge in [0.2, 0.25) is 0 Å². The van der Waals surface area contributed by atoms with Crippen molar-refractivity contribution >= 4 is 16.1 Å². The quantitative estimate of drug-likeness (QED) is 0.256. The third-order valence-corrected chi connectivity index (χ3v) is 7.40. The van der Waals surface area contributed by atoms with Crippen molar-refractivity contribution in [2.24, 2.45) is 0 Å². The lowest BCUT2D eigenvalue weighted by Crippen LogP contribution is -3.61. The van der Waals surface area contributed by atoms with E-state index < -0.39 is 10.1 Å². The molecule has 3 rings (SSSR count). The predicted molar refractivity (Wildman–Crippen MR) is 112 cm³/mol. The van der Waals surface area contributed by atoms with Crippen molar-refractivity contribution in [1.82, 2.24) is 0 Å². The summed E-state index contributed by atoms with van der Waals surface area (Å²) < 4.78 is 43.8. The monoisotopic (exact) mass is 554 g/mol. The molecule has 8 heteroatoms. The van der Waals surface area contributed by atoms with Crippen molar-refractivity contribution in [2.45, 2.75) is 18.7 Å². The molecule has 0 saturated heterocycles. The number of rotatable bonds is 6. The van der Waals surface area contributed by atoms with Crippen LogP contribution in [0, 0.1) is 14.1 Å². The highest BCUT2D eigenvalue weighted by molar-refractivity contribution is 7.85. The van der Waals surface area contributed by atoms with Gasteiger partial charge < -0.3 is 14.0 Å². The van der Waals surface area contributed by atoms with E-state index >= 15 is 0 Å². The maximum absolute atomic E-state index is 11.7. The Bertz CT molecular complexity index is 1090. The van der Waals surface area contributed by atoms with Gasteiger partial charge in [-0.05, 0) is 62.4 Å². The minimum absolute atomic E-state index is 0.178. The van der Waals surface area contributed by atoms with E-state index in [9.17, 15) is 17.8 Å². The van der Waals surface area contributed by atoms with Crippen LogP contribution in [0.15, 0.2) is 77.7 Å². The zero-order valence-electron chi connectivity index (χ0n) is 17.4. The fourth-order valence-electron chi connectivity index (χ4n) is 2.35. The molecule has 0 heterocycles. The van der Waals surface area contributed by atoms with Crippen LogP contribution in [0.5, 0.6) is 5.75 Å². The normalized spacial score (nSPS) is 10.6. The van der Waals surface area contributed by atoms with E-state index in [1.54, 1.807) is 25.3 Å². The average molecular weight is 554 g/mol. The van der Waals surface area contributed by atoms with Crippen LogP contribution in [0.25, 0.3) is 0 Å². The van der Waals surface area contributed by atoms with Gasteiger partial charge in [-0.2, -0.15) is 0 Å². The van der Waals surface area contributed by atoms with Crippen LogP contribution in [0.4, 0.5) is 0 Å². The summed E-state index contributed by atoms with van der Waals surface area (Å²) in [6.07, 6.45) is 0. The van der Waals surface area contributed by atoms with Gasteiger partial charge in [0.25, 0.3) is 0 Å². The molecule has 31 heavy (non-hydrogen) atoms. The van der Waals surface area contributed by atoms with Crippen LogP contribution in [-0.2, 0) is 14.9 Å². The van der Waals surface area contributed by atoms with Gasteiger partial charge in [0, 0.05) is 6.07 Å². The second-order valence-corrected chi connectivity index (χ2v) is 10.7. The number of ether oxygens (including phenoxy) is 2. The lowest BCUT2D eigenvalue weighted by Gasteiger charge is -2.05. The molecule has 164 valence electrons. The molecule has 0 spiro atoms. The summed E-state index contributed by atoms with van der Waals surface area (Å²) in [6.45, 7) is 4.03. The molecule has 0 aliphatic heterocycles. The van der Waals surface area contributed by atoms with E-state index in [0.717, 1.165) is 11.3 Å². The van der Waals surface area contributed by atoms with Crippen molar-refractivity contribution < 1.29 is 48.4 Å². The molecule has 0 saturated carbocycles. The van der Waals surface area contributed by atoms with Crippen LogP contribution < -0.4 is 25.9 Å². The second kappa shape index (κ2) is 11.8. The first kappa shape index (κ1) is 24.8.